The van der Waals surface area contributed by atoms with Gasteiger partial charge >= 0.3 is 0 Å². The first-order valence-corrected chi connectivity index (χ1v) is 11.2. The van der Waals surface area contributed by atoms with Gasteiger partial charge in [0.2, 0.25) is 0 Å². The zero-order valence-electron chi connectivity index (χ0n) is 20.3. The Kier molecular flexibility index (Phi) is 8.53. The lowest BCUT2D eigenvalue weighted by molar-refractivity contribution is -0.144. The van der Waals surface area contributed by atoms with Gasteiger partial charge in [0.15, 0.2) is 0 Å². The second kappa shape index (κ2) is 11.4. The number of carbonyl (C=O) groups excluding carboxylic acids is 1. The molecule has 0 radical (unpaired) electrons. The van der Waals surface area contributed by atoms with Crippen molar-refractivity contribution in [2.45, 2.75) is 38.7 Å². The summed E-state index contributed by atoms with van der Waals surface area (Å²) < 4.78 is 55.6. The van der Waals surface area contributed by atoms with Gasteiger partial charge in [0.25, 0.3) is 18.3 Å². The first-order chi connectivity index (χ1) is 17.5. The predicted octanol–water partition coefficient (Wildman–Crippen LogP) is 4.91. The largest absolute Gasteiger partial charge is 0.483 e. The molecule has 1 fully saturated rings. The molecule has 0 unspecified atom stereocenters. The summed E-state index contributed by atoms with van der Waals surface area (Å²) in [5, 5.41) is 9.60. The van der Waals surface area contributed by atoms with Crippen LogP contribution in [0.2, 0.25) is 0 Å². The molecule has 0 saturated carbocycles. The number of anilines is 1. The second-order valence-electron chi connectivity index (χ2n) is 8.72. The van der Waals surface area contributed by atoms with Crippen molar-refractivity contribution in [3.8, 4) is 11.1 Å². The highest BCUT2D eigenvalue weighted by atomic mass is 19.3. The van der Waals surface area contributed by atoms with E-state index in [2.05, 4.69) is 20.3 Å². The zero-order chi connectivity index (χ0) is 27.3. The van der Waals surface area contributed by atoms with Gasteiger partial charge in [0, 0.05) is 35.6 Å². The summed E-state index contributed by atoms with van der Waals surface area (Å²) in [6.45, 7) is 4.31. The van der Waals surface area contributed by atoms with E-state index in [0.29, 0.717) is 5.82 Å². The van der Waals surface area contributed by atoms with Crippen LogP contribution < -0.4 is 5.32 Å². The van der Waals surface area contributed by atoms with E-state index < -0.39 is 42.6 Å². The lowest BCUT2D eigenvalue weighted by Gasteiger charge is -2.42. The monoisotopic (exact) mass is 519 g/mol. The Morgan fingerprint density at radius 2 is 1.70 bits per heavy atom. The molecular weight excluding hydrogens is 494 g/mol. The second-order valence-corrected chi connectivity index (χ2v) is 8.72. The molecule has 1 aliphatic rings. The van der Waals surface area contributed by atoms with Crippen LogP contribution in [0, 0.1) is 11.6 Å². The Morgan fingerprint density at radius 1 is 1.08 bits per heavy atom. The molecule has 0 spiro atoms. The Bertz CT molecular complexity index is 1260. The number of carbonyl (C=O) groups is 2. The van der Waals surface area contributed by atoms with Crippen molar-refractivity contribution in [1.82, 2.24) is 19.9 Å². The molecule has 1 atom stereocenters. The van der Waals surface area contributed by atoms with Crippen LogP contribution in [-0.4, -0.2) is 56.3 Å². The molecule has 12 heteroatoms. The molecule has 8 nitrogen and oxygen atoms in total. The van der Waals surface area contributed by atoms with E-state index in [1.54, 1.807) is 6.92 Å². The van der Waals surface area contributed by atoms with Crippen LogP contribution >= 0.6 is 0 Å². The third-order valence-electron chi connectivity index (χ3n) is 5.70. The fraction of sp³-hybridized carbons (Fsp3) is 0.320. The highest BCUT2D eigenvalue weighted by Gasteiger charge is 2.46. The Labute approximate surface area is 210 Å². The Balaban J connectivity index is 0.00000121. The molecule has 1 amide bonds. The molecule has 3 heterocycles. The maximum Gasteiger partial charge on any atom is 0.290 e. The number of aromatic nitrogens is 3. The van der Waals surface area contributed by atoms with Crippen molar-refractivity contribution in [1.29, 1.82) is 0 Å². The van der Waals surface area contributed by atoms with Gasteiger partial charge in [-0.1, -0.05) is 13.8 Å². The van der Waals surface area contributed by atoms with E-state index >= 15 is 0 Å². The van der Waals surface area contributed by atoms with Crippen LogP contribution in [0.3, 0.4) is 0 Å². The molecule has 3 aromatic rings. The maximum absolute atomic E-state index is 14.7. The Morgan fingerprint density at radius 3 is 2.27 bits per heavy atom. The normalized spacial score (nSPS) is 15.2. The molecule has 1 aromatic carbocycles. The lowest BCUT2D eigenvalue weighted by atomic mass is 9.98. The van der Waals surface area contributed by atoms with Crippen LogP contribution in [0.4, 0.5) is 23.2 Å². The average Bonchev–Trinajstić information content (AvgIpc) is 2.84. The minimum absolute atomic E-state index is 0.0695. The molecule has 37 heavy (non-hydrogen) atoms. The molecule has 196 valence electrons. The van der Waals surface area contributed by atoms with Gasteiger partial charge in [-0.3, -0.25) is 19.5 Å². The fourth-order valence-electron chi connectivity index (χ4n) is 3.79. The number of hydrogen-bond acceptors (Lipinski definition) is 6. The van der Waals surface area contributed by atoms with Crippen molar-refractivity contribution in [3.05, 3.63) is 71.6 Å². The van der Waals surface area contributed by atoms with Gasteiger partial charge in [-0.2, -0.15) is 0 Å². The summed E-state index contributed by atoms with van der Waals surface area (Å²) in [5.41, 5.74) is 0.589. The van der Waals surface area contributed by atoms with E-state index in [1.807, 2.05) is 13.8 Å². The van der Waals surface area contributed by atoms with Crippen LogP contribution in [-0.2, 0) is 4.79 Å². The number of likely N-dealkylation sites (tertiary alicyclic amines) is 1. The Hall–Kier alpha value is -3.93. The van der Waals surface area contributed by atoms with Crippen molar-refractivity contribution in [2.75, 3.05) is 18.4 Å². The number of halogens is 4. The number of benzene rings is 1. The fourth-order valence-corrected chi connectivity index (χ4v) is 3.79. The summed E-state index contributed by atoms with van der Waals surface area (Å²) in [6.07, 6.45) is 4.12. The predicted molar refractivity (Wildman–Crippen MR) is 127 cm³/mol. The van der Waals surface area contributed by atoms with E-state index in [9.17, 15) is 22.4 Å². The van der Waals surface area contributed by atoms with Gasteiger partial charge < -0.3 is 10.4 Å². The number of nitrogens with zero attached hydrogens (tertiary/aromatic N) is 4. The van der Waals surface area contributed by atoms with Gasteiger partial charge in [0.05, 0.1) is 36.1 Å². The standard InChI is InChI=1S/C24H23F4N5O.CH2O2/c1-13(2)22-30-9-15(10-31-22)23(34)32-21-17(18-8-16(25)4-5-19(18)26)6-7-29-20(21)14(3)33-11-24(27,28)12-33;2-1-3/h4-10,13-14H,11-12H2,1-3H3,(H,32,34);1H,(H,2,3)/t14-;/m1./s1. The van der Waals surface area contributed by atoms with Crippen molar-refractivity contribution in [3.63, 3.8) is 0 Å². The number of amides is 1. The number of carboxylic acid groups (broad SMARTS) is 1. The summed E-state index contributed by atoms with van der Waals surface area (Å²) in [5.74, 6) is -4.14. The number of nitrogens with one attached hydrogen (secondary N) is 1. The molecule has 4 rings (SSSR count). The molecule has 2 N–H and O–H groups in total. The summed E-state index contributed by atoms with van der Waals surface area (Å²) in [7, 11) is 0. The van der Waals surface area contributed by atoms with Gasteiger partial charge in [-0.25, -0.2) is 27.5 Å². The van der Waals surface area contributed by atoms with E-state index in [0.717, 1.165) is 18.2 Å². The molecule has 2 aromatic heterocycles. The summed E-state index contributed by atoms with van der Waals surface area (Å²) in [6, 6.07) is 3.79. The van der Waals surface area contributed by atoms with Crippen LogP contribution in [0.15, 0.2) is 42.9 Å². The highest BCUT2D eigenvalue weighted by molar-refractivity contribution is 6.06. The first-order valence-electron chi connectivity index (χ1n) is 11.2. The smallest absolute Gasteiger partial charge is 0.290 e. The third-order valence-corrected chi connectivity index (χ3v) is 5.70. The van der Waals surface area contributed by atoms with Gasteiger partial charge in [-0.15, -0.1) is 0 Å². The molecule has 0 aliphatic carbocycles. The number of alkyl halides is 2. The van der Waals surface area contributed by atoms with E-state index in [1.165, 1.54) is 29.6 Å². The van der Waals surface area contributed by atoms with Crippen LogP contribution in [0.25, 0.3) is 11.1 Å². The van der Waals surface area contributed by atoms with Gasteiger partial charge in [-0.05, 0) is 31.2 Å². The minimum atomic E-state index is -2.81. The zero-order valence-corrected chi connectivity index (χ0v) is 20.3. The average molecular weight is 519 g/mol. The molecular formula is C25H25F4N5O3. The molecule has 1 saturated heterocycles. The molecule has 1 aliphatic heterocycles. The lowest BCUT2D eigenvalue weighted by Crippen LogP contribution is -2.56. The SMILES string of the molecule is CC(C)c1ncc(C(=O)Nc2c(-c3cc(F)ccc3F)ccnc2[C@@H](C)N2CC(F)(F)C2)cn1.O=CO. The molecule has 0 bridgehead atoms. The quantitative estimate of drug-likeness (QED) is 0.352. The number of hydrogen-bond donors (Lipinski definition) is 2. The van der Waals surface area contributed by atoms with Crippen molar-refractivity contribution in [2.24, 2.45) is 0 Å². The minimum Gasteiger partial charge on any atom is -0.483 e. The van der Waals surface area contributed by atoms with Gasteiger partial charge in [0.1, 0.15) is 17.5 Å². The van der Waals surface area contributed by atoms with Crippen LogP contribution in [0.1, 0.15) is 54.6 Å². The highest BCUT2D eigenvalue weighted by Crippen LogP contribution is 2.40. The van der Waals surface area contributed by atoms with Crippen molar-refractivity contribution < 1.29 is 32.3 Å². The van der Waals surface area contributed by atoms with E-state index in [-0.39, 0.29) is 40.5 Å². The number of rotatable bonds is 6. The summed E-state index contributed by atoms with van der Waals surface area (Å²) in [4.78, 5) is 35.6. The number of pyridine rings is 1. The third kappa shape index (κ3) is 6.45. The topological polar surface area (TPSA) is 108 Å². The van der Waals surface area contributed by atoms with Crippen molar-refractivity contribution >= 4 is 18.1 Å². The summed E-state index contributed by atoms with van der Waals surface area (Å²) >= 11 is 0. The van der Waals surface area contributed by atoms with E-state index in [4.69, 9.17) is 9.90 Å². The first kappa shape index (κ1) is 27.7. The maximum atomic E-state index is 14.7. The van der Waals surface area contributed by atoms with Crippen LogP contribution in [0.5, 0.6) is 0 Å².